The molecule has 0 radical (unpaired) electrons. The molecule has 2 N–H and O–H groups in total. The van der Waals surface area contributed by atoms with Gasteiger partial charge in [0.1, 0.15) is 0 Å². The number of nitrogens with two attached hydrogens (primary N) is 1. The topological polar surface area (TPSA) is 46.3 Å². The van der Waals surface area contributed by atoms with Crippen LogP contribution in [-0.2, 0) is 0 Å². The first-order chi connectivity index (χ1) is 9.49. The summed E-state index contributed by atoms with van der Waals surface area (Å²) in [7, 11) is 3.48. The molecule has 2 aromatic carbocycles. The number of amides is 1. The number of halogens is 1. The summed E-state index contributed by atoms with van der Waals surface area (Å²) in [5.74, 6) is -0.00687. The standard InChI is InChI=1S/C16H17BrN2O/c1-19(2)16(20)12-8-6-11(7-9-12)15(18)13-4-3-5-14(17)10-13/h3-10,15H,18H2,1-2H3/t15-/m1/s1. The Morgan fingerprint density at radius 1 is 1.10 bits per heavy atom. The van der Waals surface area contributed by atoms with E-state index >= 15 is 0 Å². The number of nitrogens with zero attached hydrogens (tertiary/aromatic N) is 1. The van der Waals surface area contributed by atoms with Crippen molar-refractivity contribution in [3.05, 3.63) is 69.7 Å². The van der Waals surface area contributed by atoms with Crippen molar-refractivity contribution >= 4 is 21.8 Å². The molecule has 3 nitrogen and oxygen atoms in total. The maximum absolute atomic E-state index is 11.8. The molecule has 104 valence electrons. The van der Waals surface area contributed by atoms with Gasteiger partial charge in [0, 0.05) is 24.1 Å². The van der Waals surface area contributed by atoms with Crippen LogP contribution in [0.2, 0.25) is 0 Å². The number of benzene rings is 2. The van der Waals surface area contributed by atoms with Crippen molar-refractivity contribution in [2.75, 3.05) is 14.1 Å². The Hall–Kier alpha value is -1.65. The quantitative estimate of drug-likeness (QED) is 0.938. The molecule has 0 spiro atoms. The van der Waals surface area contributed by atoms with Crippen LogP contribution in [0.15, 0.2) is 53.0 Å². The van der Waals surface area contributed by atoms with E-state index in [4.69, 9.17) is 5.73 Å². The van der Waals surface area contributed by atoms with Gasteiger partial charge in [-0.1, -0.05) is 40.2 Å². The van der Waals surface area contributed by atoms with E-state index in [1.54, 1.807) is 19.0 Å². The zero-order valence-electron chi connectivity index (χ0n) is 11.5. The fourth-order valence-corrected chi connectivity index (χ4v) is 2.40. The van der Waals surface area contributed by atoms with Crippen LogP contribution in [-0.4, -0.2) is 24.9 Å². The summed E-state index contributed by atoms with van der Waals surface area (Å²) in [6, 6.07) is 15.2. The maximum Gasteiger partial charge on any atom is 0.253 e. The minimum absolute atomic E-state index is 0.00687. The van der Waals surface area contributed by atoms with Crippen molar-refractivity contribution in [2.45, 2.75) is 6.04 Å². The number of rotatable bonds is 3. The fraction of sp³-hybridized carbons (Fsp3) is 0.188. The van der Waals surface area contributed by atoms with E-state index in [-0.39, 0.29) is 11.9 Å². The lowest BCUT2D eigenvalue weighted by Gasteiger charge is -2.14. The molecule has 0 aliphatic rings. The number of carbonyl (C=O) groups is 1. The minimum Gasteiger partial charge on any atom is -0.345 e. The summed E-state index contributed by atoms with van der Waals surface area (Å²) in [6.45, 7) is 0. The van der Waals surface area contributed by atoms with Gasteiger partial charge in [-0.2, -0.15) is 0 Å². The molecule has 1 amide bonds. The van der Waals surface area contributed by atoms with Crippen LogP contribution in [0.25, 0.3) is 0 Å². The lowest BCUT2D eigenvalue weighted by Crippen LogP contribution is -2.21. The predicted molar refractivity (Wildman–Crippen MR) is 84.6 cm³/mol. The van der Waals surface area contributed by atoms with Gasteiger partial charge in [0.05, 0.1) is 6.04 Å². The second-order valence-electron chi connectivity index (χ2n) is 4.85. The smallest absolute Gasteiger partial charge is 0.253 e. The van der Waals surface area contributed by atoms with Crippen molar-refractivity contribution in [2.24, 2.45) is 5.73 Å². The van der Waals surface area contributed by atoms with Crippen LogP contribution >= 0.6 is 15.9 Å². The van der Waals surface area contributed by atoms with Crippen LogP contribution in [0.4, 0.5) is 0 Å². The molecular formula is C16H17BrN2O. The van der Waals surface area contributed by atoms with Gasteiger partial charge in [-0.05, 0) is 35.4 Å². The van der Waals surface area contributed by atoms with Gasteiger partial charge < -0.3 is 10.6 Å². The highest BCUT2D eigenvalue weighted by Crippen LogP contribution is 2.22. The van der Waals surface area contributed by atoms with Crippen molar-refractivity contribution in [3.8, 4) is 0 Å². The van der Waals surface area contributed by atoms with Crippen LogP contribution in [0.5, 0.6) is 0 Å². The summed E-state index contributed by atoms with van der Waals surface area (Å²) in [6.07, 6.45) is 0. The number of carbonyl (C=O) groups excluding carboxylic acids is 1. The second-order valence-corrected chi connectivity index (χ2v) is 5.77. The molecule has 0 bridgehead atoms. The van der Waals surface area contributed by atoms with E-state index < -0.39 is 0 Å². The van der Waals surface area contributed by atoms with Crippen LogP contribution < -0.4 is 5.73 Å². The average molecular weight is 333 g/mol. The van der Waals surface area contributed by atoms with Gasteiger partial charge in [0.15, 0.2) is 0 Å². The van der Waals surface area contributed by atoms with E-state index in [0.717, 1.165) is 15.6 Å². The highest BCUT2D eigenvalue weighted by atomic mass is 79.9. The zero-order valence-corrected chi connectivity index (χ0v) is 13.1. The largest absolute Gasteiger partial charge is 0.345 e. The first-order valence-electron chi connectivity index (χ1n) is 6.31. The number of hydrogen-bond donors (Lipinski definition) is 1. The maximum atomic E-state index is 11.8. The Bertz CT molecular complexity index is 608. The van der Waals surface area contributed by atoms with E-state index in [1.165, 1.54) is 0 Å². The first-order valence-corrected chi connectivity index (χ1v) is 7.11. The Balaban J connectivity index is 2.24. The summed E-state index contributed by atoms with van der Waals surface area (Å²) >= 11 is 3.44. The van der Waals surface area contributed by atoms with E-state index in [9.17, 15) is 4.79 Å². The second kappa shape index (κ2) is 6.20. The molecule has 4 heteroatoms. The van der Waals surface area contributed by atoms with Crippen molar-refractivity contribution in [3.63, 3.8) is 0 Å². The molecule has 0 fully saturated rings. The number of hydrogen-bond acceptors (Lipinski definition) is 2. The predicted octanol–water partition coefficient (Wildman–Crippen LogP) is 3.20. The van der Waals surface area contributed by atoms with Gasteiger partial charge >= 0.3 is 0 Å². The van der Waals surface area contributed by atoms with E-state index in [0.29, 0.717) is 5.56 Å². The Morgan fingerprint density at radius 3 is 2.30 bits per heavy atom. The van der Waals surface area contributed by atoms with Crippen LogP contribution in [0, 0.1) is 0 Å². The third kappa shape index (κ3) is 3.26. The summed E-state index contributed by atoms with van der Waals surface area (Å²) in [4.78, 5) is 13.4. The van der Waals surface area contributed by atoms with Crippen molar-refractivity contribution in [1.29, 1.82) is 0 Å². The minimum atomic E-state index is -0.198. The molecule has 0 heterocycles. The lowest BCUT2D eigenvalue weighted by atomic mass is 9.98. The molecule has 0 aliphatic carbocycles. The summed E-state index contributed by atoms with van der Waals surface area (Å²) in [5.41, 5.74) is 8.94. The van der Waals surface area contributed by atoms with E-state index in [1.807, 2.05) is 48.5 Å². The molecule has 2 aromatic rings. The Labute approximate surface area is 127 Å². The molecule has 20 heavy (non-hydrogen) atoms. The molecule has 2 rings (SSSR count). The summed E-state index contributed by atoms with van der Waals surface area (Å²) < 4.78 is 1.00. The average Bonchev–Trinajstić information content (AvgIpc) is 2.46. The normalized spacial score (nSPS) is 12.0. The van der Waals surface area contributed by atoms with Crippen LogP contribution in [0.1, 0.15) is 27.5 Å². The highest BCUT2D eigenvalue weighted by Gasteiger charge is 2.11. The SMILES string of the molecule is CN(C)C(=O)c1ccc([C@@H](N)c2cccc(Br)c2)cc1. The van der Waals surface area contributed by atoms with Crippen LogP contribution in [0.3, 0.4) is 0 Å². The molecule has 0 aliphatic heterocycles. The Kier molecular flexibility index (Phi) is 4.57. The van der Waals surface area contributed by atoms with E-state index in [2.05, 4.69) is 15.9 Å². The van der Waals surface area contributed by atoms with Gasteiger partial charge in [0.25, 0.3) is 5.91 Å². The Morgan fingerprint density at radius 2 is 1.75 bits per heavy atom. The monoisotopic (exact) mass is 332 g/mol. The fourth-order valence-electron chi connectivity index (χ4n) is 1.98. The molecule has 0 aromatic heterocycles. The third-order valence-corrected chi connectivity index (χ3v) is 3.62. The van der Waals surface area contributed by atoms with Gasteiger partial charge in [-0.15, -0.1) is 0 Å². The van der Waals surface area contributed by atoms with Gasteiger partial charge in [0.2, 0.25) is 0 Å². The van der Waals surface area contributed by atoms with Crippen molar-refractivity contribution < 1.29 is 4.79 Å². The molecule has 0 saturated heterocycles. The molecule has 1 atom stereocenters. The van der Waals surface area contributed by atoms with Gasteiger partial charge in [-0.3, -0.25) is 4.79 Å². The summed E-state index contributed by atoms with van der Waals surface area (Å²) in [5, 5.41) is 0. The highest BCUT2D eigenvalue weighted by molar-refractivity contribution is 9.10. The molecular weight excluding hydrogens is 316 g/mol. The third-order valence-electron chi connectivity index (χ3n) is 3.13. The lowest BCUT2D eigenvalue weighted by molar-refractivity contribution is 0.0827. The molecule has 0 unspecified atom stereocenters. The van der Waals surface area contributed by atoms with Crippen molar-refractivity contribution in [1.82, 2.24) is 4.90 Å². The zero-order chi connectivity index (χ0) is 14.7. The molecule has 0 saturated carbocycles. The van der Waals surface area contributed by atoms with Gasteiger partial charge in [-0.25, -0.2) is 0 Å². The first kappa shape index (κ1) is 14.8.